The van der Waals surface area contributed by atoms with Crippen LogP contribution in [-0.4, -0.2) is 50.0 Å². The molecule has 0 radical (unpaired) electrons. The van der Waals surface area contributed by atoms with Crippen molar-refractivity contribution in [1.29, 1.82) is 0 Å². The predicted octanol–water partition coefficient (Wildman–Crippen LogP) is 2.71. The number of carboxylic acid groups (broad SMARTS) is 1. The Morgan fingerprint density at radius 3 is 2.62 bits per heavy atom. The first kappa shape index (κ1) is 20.6. The molecule has 142 valence electrons. The van der Waals surface area contributed by atoms with Crippen molar-refractivity contribution in [2.24, 2.45) is 4.58 Å². The van der Waals surface area contributed by atoms with Crippen molar-refractivity contribution < 1.29 is 24.2 Å². The Morgan fingerprint density at radius 2 is 2.04 bits per heavy atom. The Hall–Kier alpha value is -1.70. The molecule has 0 aromatic heterocycles. The molecule has 2 rings (SSSR count). The van der Waals surface area contributed by atoms with Crippen LogP contribution < -0.4 is 0 Å². The number of hydrogen-bond donors (Lipinski definition) is 2. The second-order valence-electron chi connectivity index (χ2n) is 6.45. The number of hydrogen-bond acceptors (Lipinski definition) is 6. The van der Waals surface area contributed by atoms with Gasteiger partial charge in [0.15, 0.2) is 0 Å². The molecule has 2 N–H and O–H groups in total. The van der Waals surface area contributed by atoms with E-state index in [1.165, 1.54) is 6.92 Å². The fourth-order valence-electron chi connectivity index (χ4n) is 3.04. The van der Waals surface area contributed by atoms with Gasteiger partial charge in [-0.3, -0.25) is 9.36 Å². The van der Waals surface area contributed by atoms with Crippen LogP contribution in [0.3, 0.4) is 0 Å². The van der Waals surface area contributed by atoms with E-state index < -0.39 is 35.9 Å². The summed E-state index contributed by atoms with van der Waals surface area (Å²) in [5, 5.41) is 9.18. The third kappa shape index (κ3) is 4.52. The fraction of sp³-hybridized carbons (Fsp3) is 0.500. The number of amides is 1. The van der Waals surface area contributed by atoms with Crippen molar-refractivity contribution in [1.82, 2.24) is 4.90 Å². The van der Waals surface area contributed by atoms with Gasteiger partial charge in [0.2, 0.25) is 13.3 Å². The number of likely N-dealkylation sites (tertiary alicyclic amines) is 1. The van der Waals surface area contributed by atoms with Crippen LogP contribution in [0.1, 0.15) is 25.3 Å². The number of carbonyl (C=O) groups excluding carboxylic acids is 1. The molecule has 0 saturated carbocycles. The van der Waals surface area contributed by atoms with Crippen LogP contribution in [0.25, 0.3) is 0 Å². The molecule has 0 bridgehead atoms. The molecule has 2 unspecified atom stereocenters. The van der Waals surface area contributed by atoms with Crippen LogP contribution in [0.2, 0.25) is 0 Å². The zero-order valence-electron chi connectivity index (χ0n) is 14.3. The molecule has 3 atom stereocenters. The number of nitroso groups, excluding NO2 is 1. The van der Waals surface area contributed by atoms with Crippen molar-refractivity contribution in [3.8, 4) is 0 Å². The summed E-state index contributed by atoms with van der Waals surface area (Å²) in [5.74, 6) is -1.81. The van der Waals surface area contributed by atoms with Gasteiger partial charge < -0.3 is 14.9 Å². The van der Waals surface area contributed by atoms with Gasteiger partial charge in [-0.1, -0.05) is 30.3 Å². The molecule has 1 amide bonds. The third-order valence-electron chi connectivity index (χ3n) is 4.56. The second kappa shape index (κ2) is 8.33. The summed E-state index contributed by atoms with van der Waals surface area (Å²) in [6.45, 7) is 1.67. The van der Waals surface area contributed by atoms with Gasteiger partial charge in [0.1, 0.15) is 16.7 Å². The molecule has 1 aliphatic rings. The van der Waals surface area contributed by atoms with Gasteiger partial charge in [-0.2, -0.15) is 0 Å². The van der Waals surface area contributed by atoms with E-state index in [1.807, 2.05) is 0 Å². The molecule has 1 fully saturated rings. The lowest BCUT2D eigenvalue weighted by Crippen LogP contribution is -2.42. The van der Waals surface area contributed by atoms with Crippen molar-refractivity contribution in [2.45, 2.75) is 36.7 Å². The van der Waals surface area contributed by atoms with Crippen molar-refractivity contribution >= 4 is 31.2 Å². The fourth-order valence-corrected chi connectivity index (χ4v) is 5.55. The van der Waals surface area contributed by atoms with Crippen LogP contribution in [0.15, 0.2) is 34.9 Å². The normalized spacial score (nSPS) is 21.6. The van der Waals surface area contributed by atoms with Gasteiger partial charge in [0, 0.05) is 23.1 Å². The van der Waals surface area contributed by atoms with E-state index in [9.17, 15) is 29.1 Å². The van der Waals surface area contributed by atoms with Crippen LogP contribution in [0.5, 0.6) is 0 Å². The van der Waals surface area contributed by atoms with E-state index in [4.69, 9.17) is 0 Å². The van der Waals surface area contributed by atoms with E-state index in [0.29, 0.717) is 24.8 Å². The highest BCUT2D eigenvalue weighted by Crippen LogP contribution is 2.61. The predicted molar refractivity (Wildman–Crippen MR) is 99.0 cm³/mol. The molecule has 0 spiro atoms. The number of benzene rings is 1. The zero-order valence-corrected chi connectivity index (χ0v) is 16.0. The molecule has 1 aromatic rings. The Bertz CT molecular complexity index is 731. The van der Waals surface area contributed by atoms with E-state index in [2.05, 4.69) is 4.58 Å². The average molecular weight is 400 g/mol. The first-order chi connectivity index (χ1) is 12.2. The first-order valence-corrected chi connectivity index (χ1v) is 10.7. The number of aliphatic carboxylic acids is 1. The lowest BCUT2D eigenvalue weighted by molar-refractivity contribution is -0.147. The number of carbonyl (C=O) groups is 2. The minimum atomic E-state index is -4.18. The third-order valence-corrected chi connectivity index (χ3v) is 8.60. The Labute approximate surface area is 155 Å². The van der Waals surface area contributed by atoms with E-state index in [1.54, 1.807) is 30.3 Å². The molecule has 10 heteroatoms. The number of nitrogens with zero attached hydrogens (tertiary/aromatic N) is 2. The molecule has 1 heterocycles. The van der Waals surface area contributed by atoms with Crippen LogP contribution in [-0.2, 0) is 20.6 Å². The van der Waals surface area contributed by atoms with Crippen LogP contribution in [0, 0.1) is 4.91 Å². The summed E-state index contributed by atoms with van der Waals surface area (Å²) < 4.78 is 14.3. The smallest absolute Gasteiger partial charge is 0.326 e. The van der Waals surface area contributed by atoms with Gasteiger partial charge >= 0.3 is 5.97 Å². The zero-order chi connectivity index (χ0) is 19.4. The van der Waals surface area contributed by atoms with E-state index in [-0.39, 0.29) is 13.0 Å². The monoisotopic (exact) mass is 400 g/mol. The molecular weight excluding hydrogens is 379 g/mol. The summed E-state index contributed by atoms with van der Waals surface area (Å²) >= 11 is 0.441. The van der Waals surface area contributed by atoms with Crippen molar-refractivity contribution in [2.75, 3.05) is 12.7 Å². The van der Waals surface area contributed by atoms with Gasteiger partial charge in [-0.15, -0.1) is 4.91 Å². The van der Waals surface area contributed by atoms with E-state index >= 15 is 0 Å². The molecule has 1 aromatic carbocycles. The molecule has 8 nitrogen and oxygen atoms in total. The lowest BCUT2D eigenvalue weighted by Gasteiger charge is -2.32. The van der Waals surface area contributed by atoms with Gasteiger partial charge in [-0.05, 0) is 31.7 Å². The highest BCUT2D eigenvalue weighted by atomic mass is 32.2. The maximum atomic E-state index is 13.0. The van der Waals surface area contributed by atoms with Gasteiger partial charge in [-0.25, -0.2) is 4.79 Å². The second-order valence-corrected chi connectivity index (χ2v) is 10.7. The van der Waals surface area contributed by atoms with Crippen LogP contribution in [0.4, 0.5) is 0 Å². The average Bonchev–Trinajstić information content (AvgIpc) is 3.05. The SMILES string of the molecule is CC(Cc1ccccc1)(SN=O)P(=O)(O)CC(=O)N1CCC[C@H]1C(=O)O. The highest BCUT2D eigenvalue weighted by Gasteiger charge is 2.48. The Kier molecular flexibility index (Phi) is 6.60. The van der Waals surface area contributed by atoms with Crippen molar-refractivity contribution in [3.05, 3.63) is 40.8 Å². The van der Waals surface area contributed by atoms with Crippen LogP contribution >= 0.6 is 19.3 Å². The quantitative estimate of drug-likeness (QED) is 0.390. The molecule has 0 aliphatic carbocycles. The summed E-state index contributed by atoms with van der Waals surface area (Å²) in [5.41, 5.74) is 0.734. The lowest BCUT2D eigenvalue weighted by atomic mass is 10.1. The maximum absolute atomic E-state index is 13.0. The molecule has 1 saturated heterocycles. The van der Waals surface area contributed by atoms with E-state index in [0.717, 1.165) is 10.5 Å². The molecule has 26 heavy (non-hydrogen) atoms. The molecular formula is C16H21N2O6PS. The standard InChI is InChI=1S/C16H21N2O6PS/c1-16(26-17-22,10-12-6-3-2-4-7-12)25(23,24)11-14(19)18-9-5-8-13(18)15(20)21/h2-4,6-7,13H,5,8-11H2,1H3,(H,20,21)(H,23,24)/t13-,16?/m0/s1. The minimum absolute atomic E-state index is 0.0770. The van der Waals surface area contributed by atoms with Crippen molar-refractivity contribution in [3.63, 3.8) is 0 Å². The first-order valence-electron chi connectivity index (χ1n) is 8.09. The Balaban J connectivity index is 2.21. The van der Waals surface area contributed by atoms with Gasteiger partial charge in [0.05, 0.1) is 0 Å². The topological polar surface area (TPSA) is 124 Å². The number of rotatable bonds is 8. The summed E-state index contributed by atoms with van der Waals surface area (Å²) in [6, 6.07) is 7.87. The summed E-state index contributed by atoms with van der Waals surface area (Å²) in [6.07, 6.45) is 0.212. The minimum Gasteiger partial charge on any atom is -0.480 e. The number of carboxylic acids is 1. The molecule has 1 aliphatic heterocycles. The summed E-state index contributed by atoms with van der Waals surface area (Å²) in [7, 11) is -4.18. The maximum Gasteiger partial charge on any atom is 0.326 e. The largest absolute Gasteiger partial charge is 0.480 e. The Morgan fingerprint density at radius 1 is 1.38 bits per heavy atom. The highest BCUT2D eigenvalue weighted by molar-refractivity contribution is 8.05. The van der Waals surface area contributed by atoms with Gasteiger partial charge in [0.25, 0.3) is 0 Å². The summed E-state index contributed by atoms with van der Waals surface area (Å²) in [4.78, 5) is 46.3.